The molecule has 4 rings (SSSR count). The molecule has 1 aromatic heterocycles. The number of nitrogen functional groups attached to an aromatic ring is 1. The number of carbonyl (C=O) groups excluding carboxylic acids is 2. The number of benzene rings is 1. The lowest BCUT2D eigenvalue weighted by molar-refractivity contribution is -0.144. The minimum absolute atomic E-state index is 0.0288. The van der Waals surface area contributed by atoms with Gasteiger partial charge in [-0.05, 0) is 12.1 Å². The van der Waals surface area contributed by atoms with Gasteiger partial charge in [-0.15, -0.1) is 11.8 Å². The van der Waals surface area contributed by atoms with Gasteiger partial charge in [0.25, 0.3) is 11.8 Å². The van der Waals surface area contributed by atoms with Crippen LogP contribution in [0.15, 0.2) is 47.3 Å². The van der Waals surface area contributed by atoms with Crippen LogP contribution in [-0.2, 0) is 14.4 Å². The summed E-state index contributed by atoms with van der Waals surface area (Å²) in [6.45, 7) is 0. The van der Waals surface area contributed by atoms with Crippen molar-refractivity contribution < 1.29 is 24.3 Å². The van der Waals surface area contributed by atoms with Gasteiger partial charge >= 0.3 is 5.97 Å². The fourth-order valence-corrected chi connectivity index (χ4v) is 4.42. The van der Waals surface area contributed by atoms with Crippen LogP contribution < -0.4 is 15.9 Å². The zero-order valence-corrected chi connectivity index (χ0v) is 16.7. The average molecular weight is 446 g/mol. The number of nitrogens with zero attached hydrogens (tertiary/aromatic N) is 4. The number of anilines is 1. The van der Waals surface area contributed by atoms with Gasteiger partial charge in [-0.3, -0.25) is 9.59 Å². The lowest BCUT2D eigenvalue weighted by Crippen LogP contribution is -2.69. The van der Waals surface area contributed by atoms with Gasteiger partial charge in [0.05, 0.1) is 5.57 Å². The van der Waals surface area contributed by atoms with Gasteiger partial charge in [0.1, 0.15) is 11.4 Å². The van der Waals surface area contributed by atoms with Crippen LogP contribution in [0.5, 0.6) is 5.75 Å². The van der Waals surface area contributed by atoms with E-state index in [0.29, 0.717) is 5.75 Å². The van der Waals surface area contributed by atoms with Crippen LogP contribution in [0.25, 0.3) is 0 Å². The number of aliphatic carboxylic acids is 1. The van der Waals surface area contributed by atoms with E-state index >= 15 is 0 Å². The molecule has 0 spiro atoms. The number of carboxylic acid groups (broad SMARTS) is 1. The van der Waals surface area contributed by atoms with Crippen molar-refractivity contribution >= 4 is 51.9 Å². The number of amides is 2. The van der Waals surface area contributed by atoms with Gasteiger partial charge in [0.2, 0.25) is 11.5 Å². The van der Waals surface area contributed by atoms with Crippen molar-refractivity contribution in [2.24, 2.45) is 5.16 Å². The van der Waals surface area contributed by atoms with E-state index in [9.17, 15) is 14.4 Å². The number of rotatable bonds is 6. The van der Waals surface area contributed by atoms with Crippen molar-refractivity contribution in [3.05, 3.63) is 47.9 Å². The number of carboxylic acids is 1. The van der Waals surface area contributed by atoms with Crippen LogP contribution >= 0.6 is 23.3 Å². The number of nitrogens with one attached hydrogen (secondary N) is 1. The smallest absolute Gasteiger partial charge is 0.333 e. The van der Waals surface area contributed by atoms with Gasteiger partial charge in [0.15, 0.2) is 10.9 Å². The number of hydrogen-bond donors (Lipinski definition) is 3. The summed E-state index contributed by atoms with van der Waals surface area (Å²) in [5, 5.41) is 15.3. The number of β-lactam (4-membered cyclic amide) rings is 1. The van der Waals surface area contributed by atoms with E-state index < -0.39 is 29.2 Å². The fourth-order valence-electron chi connectivity index (χ4n) is 2.73. The normalized spacial score (nSPS) is 20.7. The Labute approximate surface area is 177 Å². The van der Waals surface area contributed by atoms with E-state index in [2.05, 4.69) is 19.8 Å². The maximum Gasteiger partial charge on any atom is 0.333 e. The molecule has 0 radical (unpaired) electrons. The second kappa shape index (κ2) is 8.12. The number of carbonyl (C=O) groups is 3. The van der Waals surface area contributed by atoms with Crippen molar-refractivity contribution in [1.29, 1.82) is 0 Å². The molecule has 1 saturated heterocycles. The van der Waals surface area contributed by atoms with Crippen molar-refractivity contribution in [2.75, 3.05) is 11.5 Å². The first kappa shape index (κ1) is 19.8. The largest absolute Gasteiger partial charge is 0.478 e. The Hall–Kier alpha value is -3.45. The molecule has 0 bridgehead atoms. The third-order valence-electron chi connectivity index (χ3n) is 4.20. The predicted molar refractivity (Wildman–Crippen MR) is 109 cm³/mol. The molecule has 0 aliphatic carbocycles. The average Bonchev–Trinajstić information content (AvgIpc) is 3.18. The van der Waals surface area contributed by atoms with Crippen LogP contribution in [0.1, 0.15) is 5.82 Å². The minimum atomic E-state index is -1.08. The number of hydrogen-bond acceptors (Lipinski definition) is 10. The van der Waals surface area contributed by atoms with Crippen molar-refractivity contribution in [3.63, 3.8) is 0 Å². The highest BCUT2D eigenvalue weighted by Gasteiger charge is 2.50. The third kappa shape index (κ3) is 3.84. The number of aromatic nitrogens is 2. The Morgan fingerprint density at radius 1 is 1.33 bits per heavy atom. The lowest BCUT2D eigenvalue weighted by Gasteiger charge is -2.46. The first-order valence-corrected chi connectivity index (χ1v) is 10.3. The summed E-state index contributed by atoms with van der Waals surface area (Å²) in [7, 11) is 0. The Morgan fingerprint density at radius 3 is 2.77 bits per heavy atom. The molecule has 4 N–H and O–H groups in total. The van der Waals surface area contributed by atoms with E-state index in [4.69, 9.17) is 15.7 Å². The third-order valence-corrected chi connectivity index (χ3v) is 6.06. The number of thioether (sulfide) groups is 1. The highest BCUT2D eigenvalue weighted by molar-refractivity contribution is 8.00. The summed E-state index contributed by atoms with van der Waals surface area (Å²) in [6, 6.07) is 7.74. The maximum absolute atomic E-state index is 12.8. The van der Waals surface area contributed by atoms with Crippen LogP contribution in [0, 0.1) is 0 Å². The topological polar surface area (TPSA) is 160 Å². The molecule has 2 aromatic rings. The quantitative estimate of drug-likeness (QED) is 0.321. The molecule has 0 saturated carbocycles. The first-order chi connectivity index (χ1) is 14.4. The molecular formula is C17H14N6O5S2. The van der Waals surface area contributed by atoms with Crippen molar-refractivity contribution in [1.82, 2.24) is 19.6 Å². The molecule has 3 heterocycles. The summed E-state index contributed by atoms with van der Waals surface area (Å²) in [5.41, 5.74) is 5.49. The zero-order valence-electron chi connectivity index (χ0n) is 15.1. The molecule has 30 heavy (non-hydrogen) atoms. The van der Waals surface area contributed by atoms with Crippen LogP contribution in [0.2, 0.25) is 0 Å². The van der Waals surface area contributed by atoms with Crippen LogP contribution in [0.4, 0.5) is 5.13 Å². The van der Waals surface area contributed by atoms with Gasteiger partial charge in [-0.2, -0.15) is 9.36 Å². The monoisotopic (exact) mass is 446 g/mol. The molecule has 2 aliphatic rings. The van der Waals surface area contributed by atoms with E-state index in [1.54, 1.807) is 30.3 Å². The second-order valence-electron chi connectivity index (χ2n) is 6.16. The van der Waals surface area contributed by atoms with E-state index in [-0.39, 0.29) is 28.0 Å². The first-order valence-electron chi connectivity index (χ1n) is 8.52. The van der Waals surface area contributed by atoms with Crippen LogP contribution in [0.3, 0.4) is 0 Å². The molecule has 2 atom stereocenters. The van der Waals surface area contributed by atoms with Crippen molar-refractivity contribution in [3.8, 4) is 5.75 Å². The van der Waals surface area contributed by atoms with Gasteiger partial charge < -0.3 is 25.9 Å². The summed E-state index contributed by atoms with van der Waals surface area (Å²) in [6.07, 6.45) is 1.30. The van der Waals surface area contributed by atoms with E-state index in [0.717, 1.165) is 11.5 Å². The number of nitrogens with two attached hydrogens (primary N) is 1. The van der Waals surface area contributed by atoms with Gasteiger partial charge in [-0.25, -0.2) is 4.79 Å². The summed E-state index contributed by atoms with van der Waals surface area (Å²) in [5.74, 6) is -1.63. The molecule has 2 aliphatic heterocycles. The predicted octanol–water partition coefficient (Wildman–Crippen LogP) is 0.272. The fraction of sp³-hybridized carbons (Fsp3) is 0.176. The number of fused-ring (bicyclic) bond motifs is 1. The SMILES string of the molecule is Nc1nc(C(=NOc2ccccc2)C(=O)NC2C(=O)N3C=C(C(=O)O)CS[C@H]23)ns1. The highest BCUT2D eigenvalue weighted by atomic mass is 32.2. The summed E-state index contributed by atoms with van der Waals surface area (Å²) >= 11 is 2.14. The highest BCUT2D eigenvalue weighted by Crippen LogP contribution is 2.36. The maximum atomic E-state index is 12.8. The standard InChI is InChI=1S/C17H14N6O5S2/c18-17-20-12(22-30-17)10(21-28-9-4-2-1-3-5-9)13(24)19-11-14(25)23-6-8(16(26)27)7-29-15(11)23/h1-6,11,15H,7H2,(H,19,24)(H,26,27)(H2,18,20,22)/t11?,15-/m1/s1. The van der Waals surface area contributed by atoms with Gasteiger partial charge in [0, 0.05) is 23.5 Å². The second-order valence-corrected chi connectivity index (χ2v) is 8.05. The number of para-hydroxylation sites is 1. The summed E-state index contributed by atoms with van der Waals surface area (Å²) in [4.78, 5) is 46.9. The molecule has 13 heteroatoms. The molecule has 154 valence electrons. The minimum Gasteiger partial charge on any atom is -0.478 e. The van der Waals surface area contributed by atoms with E-state index in [1.807, 2.05) is 0 Å². The molecule has 2 amide bonds. The van der Waals surface area contributed by atoms with E-state index in [1.165, 1.54) is 22.9 Å². The Morgan fingerprint density at radius 2 is 2.10 bits per heavy atom. The molecule has 11 nitrogen and oxygen atoms in total. The zero-order chi connectivity index (χ0) is 21.3. The molecule has 1 aromatic carbocycles. The Bertz CT molecular complexity index is 1070. The molecule has 1 unspecified atom stereocenters. The Balaban J connectivity index is 1.52. The summed E-state index contributed by atoms with van der Waals surface area (Å²) < 4.78 is 3.99. The molecule has 1 fully saturated rings. The van der Waals surface area contributed by atoms with Crippen LogP contribution in [-0.4, -0.2) is 60.0 Å². The van der Waals surface area contributed by atoms with Gasteiger partial charge in [-0.1, -0.05) is 23.4 Å². The Kier molecular flexibility index (Phi) is 5.37. The lowest BCUT2D eigenvalue weighted by atomic mass is 10.1. The number of oxime groups is 1. The molecular weight excluding hydrogens is 432 g/mol. The van der Waals surface area contributed by atoms with Crippen molar-refractivity contribution in [2.45, 2.75) is 11.4 Å².